The van der Waals surface area contributed by atoms with Crippen LogP contribution < -0.4 is 15.3 Å². The standard InChI is InChI=1S/C15H12N4O4S/c1-9-13(15(21)17-16-14(20)12-7-4-8-24-12)19(23)11-6-3-2-5-10(11)18(9)22/h2-8,22H,1H3,(H-,16,17,20,21)/p+1. The Kier molecular flexibility index (Phi) is 4.00. The zero-order valence-electron chi connectivity index (χ0n) is 12.5. The Hall–Kier alpha value is -3.20. The average Bonchev–Trinajstić information content (AvgIpc) is 3.12. The van der Waals surface area contributed by atoms with Gasteiger partial charge in [0.05, 0.1) is 9.30 Å². The van der Waals surface area contributed by atoms with Crippen LogP contribution in [0.3, 0.4) is 0 Å². The number of aromatic nitrogens is 2. The molecule has 0 unspecified atom stereocenters. The van der Waals surface area contributed by atoms with Gasteiger partial charge < -0.3 is 5.21 Å². The zero-order valence-corrected chi connectivity index (χ0v) is 13.3. The van der Waals surface area contributed by atoms with E-state index in [1.165, 1.54) is 24.3 Å². The number of hydrogen-bond donors (Lipinski definition) is 3. The molecule has 2 aromatic heterocycles. The summed E-state index contributed by atoms with van der Waals surface area (Å²) >= 11 is 1.21. The molecular formula is C15H13N4O4S+. The van der Waals surface area contributed by atoms with Gasteiger partial charge in [-0.15, -0.1) is 11.3 Å². The van der Waals surface area contributed by atoms with Crippen LogP contribution in [0, 0.1) is 11.8 Å². The number of thiophene rings is 1. The molecule has 0 radical (unpaired) electrons. The molecule has 3 rings (SSSR count). The van der Waals surface area contributed by atoms with Gasteiger partial charge in [-0.2, -0.15) is 4.73 Å². The van der Waals surface area contributed by atoms with E-state index in [-0.39, 0.29) is 22.4 Å². The lowest BCUT2D eigenvalue weighted by Gasteiger charge is -2.07. The van der Waals surface area contributed by atoms with Crippen LogP contribution in [-0.4, -0.2) is 21.8 Å². The molecule has 0 aliphatic heterocycles. The molecule has 0 fully saturated rings. The number of nitrogens with one attached hydrogen (secondary N) is 2. The molecule has 8 nitrogen and oxygen atoms in total. The molecule has 0 aliphatic rings. The lowest BCUT2D eigenvalue weighted by molar-refractivity contribution is -0.469. The molecule has 2 heterocycles. The smallest absolute Gasteiger partial charge is 0.351 e. The Morgan fingerprint density at radius 2 is 1.83 bits per heavy atom. The summed E-state index contributed by atoms with van der Waals surface area (Å²) in [6, 6.07) is 9.62. The second-order valence-corrected chi connectivity index (χ2v) is 5.86. The van der Waals surface area contributed by atoms with Crippen molar-refractivity contribution in [2.75, 3.05) is 0 Å². The molecule has 24 heavy (non-hydrogen) atoms. The van der Waals surface area contributed by atoms with E-state index in [1.807, 2.05) is 0 Å². The number of fused-ring (bicyclic) bond motifs is 1. The molecule has 2 amide bonds. The van der Waals surface area contributed by atoms with Gasteiger partial charge in [-0.25, -0.2) is 0 Å². The number of para-hydroxylation sites is 2. The van der Waals surface area contributed by atoms with Gasteiger partial charge >= 0.3 is 11.6 Å². The fourth-order valence-electron chi connectivity index (χ4n) is 2.26. The van der Waals surface area contributed by atoms with Crippen LogP contribution in [0.25, 0.3) is 11.0 Å². The summed E-state index contributed by atoms with van der Waals surface area (Å²) in [6.45, 7) is 1.43. The van der Waals surface area contributed by atoms with Gasteiger partial charge in [-0.3, -0.25) is 20.4 Å². The monoisotopic (exact) mass is 345 g/mol. The van der Waals surface area contributed by atoms with E-state index in [0.29, 0.717) is 9.30 Å². The van der Waals surface area contributed by atoms with Crippen molar-refractivity contribution in [2.24, 2.45) is 0 Å². The topological polar surface area (TPSA) is 106 Å². The van der Waals surface area contributed by atoms with Crippen LogP contribution in [-0.2, 0) is 0 Å². The van der Waals surface area contributed by atoms with Crippen molar-refractivity contribution in [3.05, 3.63) is 63.0 Å². The van der Waals surface area contributed by atoms with Crippen LogP contribution in [0.5, 0.6) is 0 Å². The quantitative estimate of drug-likeness (QED) is 0.369. The second kappa shape index (κ2) is 6.13. The highest BCUT2D eigenvalue weighted by Crippen LogP contribution is 2.12. The molecule has 0 aliphatic carbocycles. The fraction of sp³-hybridized carbons (Fsp3) is 0.0667. The number of hydrazine groups is 1. The molecule has 3 aromatic rings. The van der Waals surface area contributed by atoms with Crippen LogP contribution in [0.2, 0.25) is 0 Å². The Bertz CT molecular complexity index is 995. The fourth-order valence-corrected chi connectivity index (χ4v) is 2.88. The summed E-state index contributed by atoms with van der Waals surface area (Å²) in [5, 5.41) is 11.9. The van der Waals surface area contributed by atoms with E-state index in [0.717, 1.165) is 4.73 Å². The summed E-state index contributed by atoms with van der Waals surface area (Å²) in [7, 11) is 0. The number of nitrogens with zero attached hydrogens (tertiary/aromatic N) is 2. The second-order valence-electron chi connectivity index (χ2n) is 4.91. The number of amides is 2. The van der Waals surface area contributed by atoms with E-state index >= 15 is 0 Å². The predicted octanol–water partition coefficient (Wildman–Crippen LogP) is 1.24. The number of rotatable bonds is 2. The number of benzene rings is 1. The maximum absolute atomic E-state index is 12.4. The first-order valence-corrected chi connectivity index (χ1v) is 7.79. The Morgan fingerprint density at radius 3 is 2.54 bits per heavy atom. The van der Waals surface area contributed by atoms with Crippen LogP contribution in [0.4, 0.5) is 0 Å². The third-order valence-corrected chi connectivity index (χ3v) is 4.31. The molecule has 0 spiro atoms. The molecular weight excluding hydrogens is 332 g/mol. The number of hydrogen-bond acceptors (Lipinski definition) is 5. The van der Waals surface area contributed by atoms with Crippen molar-refractivity contribution >= 4 is 34.2 Å². The van der Waals surface area contributed by atoms with E-state index in [1.54, 1.807) is 35.7 Å². The lowest BCUT2D eigenvalue weighted by Crippen LogP contribution is -2.45. The minimum atomic E-state index is -0.832. The summed E-state index contributed by atoms with van der Waals surface area (Å²) in [5.74, 6) is -1.33. The average molecular weight is 345 g/mol. The first-order valence-electron chi connectivity index (χ1n) is 6.91. The Morgan fingerprint density at radius 1 is 1.12 bits per heavy atom. The van der Waals surface area contributed by atoms with Crippen LogP contribution in [0.1, 0.15) is 25.9 Å². The largest absolute Gasteiger partial charge is 0.428 e. The Balaban J connectivity index is 1.93. The van der Waals surface area contributed by atoms with Gasteiger partial charge in [0.1, 0.15) is 5.69 Å². The van der Waals surface area contributed by atoms with E-state index in [9.17, 15) is 19.7 Å². The van der Waals surface area contributed by atoms with Crippen molar-refractivity contribution in [2.45, 2.75) is 6.92 Å². The van der Waals surface area contributed by atoms with Crippen molar-refractivity contribution < 1.29 is 19.2 Å². The molecule has 1 aromatic carbocycles. The van der Waals surface area contributed by atoms with Crippen molar-refractivity contribution in [1.29, 1.82) is 0 Å². The van der Waals surface area contributed by atoms with E-state index in [4.69, 9.17) is 0 Å². The molecule has 0 saturated heterocycles. The molecule has 9 heteroatoms. The zero-order chi connectivity index (χ0) is 17.3. The first-order chi connectivity index (χ1) is 11.5. The maximum atomic E-state index is 12.4. The molecule has 0 atom stereocenters. The third-order valence-electron chi connectivity index (χ3n) is 3.44. The van der Waals surface area contributed by atoms with Gasteiger partial charge in [0, 0.05) is 11.0 Å². The van der Waals surface area contributed by atoms with Gasteiger partial charge in [-0.05, 0) is 24.4 Å². The lowest BCUT2D eigenvalue weighted by atomic mass is 10.2. The summed E-state index contributed by atoms with van der Waals surface area (Å²) in [4.78, 5) is 37.0. The van der Waals surface area contributed by atoms with E-state index < -0.39 is 11.8 Å². The first kappa shape index (κ1) is 15.7. The minimum Gasteiger partial charge on any atom is -0.428 e. The molecule has 0 bridgehead atoms. The summed E-state index contributed by atoms with van der Waals surface area (Å²) in [6.07, 6.45) is 0. The maximum Gasteiger partial charge on any atom is 0.351 e. The van der Waals surface area contributed by atoms with Gasteiger partial charge in [0.15, 0.2) is 5.52 Å². The van der Waals surface area contributed by atoms with Gasteiger partial charge in [0.25, 0.3) is 11.4 Å². The molecule has 122 valence electrons. The van der Waals surface area contributed by atoms with Crippen molar-refractivity contribution in [1.82, 2.24) is 15.6 Å². The molecule has 0 saturated carbocycles. The summed E-state index contributed by atoms with van der Waals surface area (Å²) in [5.41, 5.74) is 4.54. The number of carbonyl (C=O) groups is 2. The Labute approximate surface area is 139 Å². The highest BCUT2D eigenvalue weighted by Gasteiger charge is 2.29. The normalized spacial score (nSPS) is 10.5. The van der Waals surface area contributed by atoms with Crippen LogP contribution >= 0.6 is 11.3 Å². The van der Waals surface area contributed by atoms with E-state index in [2.05, 4.69) is 10.9 Å². The van der Waals surface area contributed by atoms with Crippen LogP contribution in [0.15, 0.2) is 41.8 Å². The SMILES string of the molecule is Cc1c(C(=O)NNC(=O)c2cccs2)[n+](=O)c2ccccc2n1O. The predicted molar refractivity (Wildman–Crippen MR) is 86.5 cm³/mol. The number of carbonyl (C=O) groups excluding carboxylic acids is 2. The summed E-state index contributed by atoms with van der Waals surface area (Å²) < 4.78 is 1.18. The molecule has 3 N–H and O–H groups in total. The highest BCUT2D eigenvalue weighted by molar-refractivity contribution is 7.12. The highest BCUT2D eigenvalue weighted by atomic mass is 32.1. The van der Waals surface area contributed by atoms with Crippen molar-refractivity contribution in [3.8, 4) is 0 Å². The van der Waals surface area contributed by atoms with Gasteiger partial charge in [0.2, 0.25) is 0 Å². The minimum absolute atomic E-state index is 0.0478. The van der Waals surface area contributed by atoms with Gasteiger partial charge in [-0.1, -0.05) is 18.2 Å². The third kappa shape index (κ3) is 2.61. The van der Waals surface area contributed by atoms with Crippen molar-refractivity contribution in [3.63, 3.8) is 0 Å².